The van der Waals surface area contributed by atoms with Crippen LogP contribution in [0.1, 0.15) is 39.7 Å². The van der Waals surface area contributed by atoms with Crippen LogP contribution in [0.25, 0.3) is 0 Å². The van der Waals surface area contributed by atoms with Crippen molar-refractivity contribution < 1.29 is 12.8 Å². The Labute approximate surface area is 127 Å². The van der Waals surface area contributed by atoms with Gasteiger partial charge in [0.1, 0.15) is 5.82 Å². The maximum absolute atomic E-state index is 13.7. The minimum atomic E-state index is -3.59. The molecule has 0 heterocycles. The van der Waals surface area contributed by atoms with Gasteiger partial charge in [-0.05, 0) is 24.1 Å². The molecule has 0 aliphatic heterocycles. The van der Waals surface area contributed by atoms with Crippen molar-refractivity contribution in [1.29, 1.82) is 0 Å². The van der Waals surface area contributed by atoms with Gasteiger partial charge < -0.3 is 5.32 Å². The van der Waals surface area contributed by atoms with E-state index >= 15 is 0 Å². The van der Waals surface area contributed by atoms with E-state index in [2.05, 4.69) is 10.0 Å². The largest absolute Gasteiger partial charge is 0.310 e. The van der Waals surface area contributed by atoms with Crippen LogP contribution >= 0.6 is 0 Å². The number of benzene rings is 1. The van der Waals surface area contributed by atoms with Gasteiger partial charge in [0, 0.05) is 24.7 Å². The molecule has 1 aromatic rings. The molecule has 0 aromatic heterocycles. The predicted octanol–water partition coefficient (Wildman–Crippen LogP) is 2.65. The molecule has 0 fully saturated rings. The molecule has 1 aromatic carbocycles. The van der Waals surface area contributed by atoms with Gasteiger partial charge in [0.15, 0.2) is 0 Å². The summed E-state index contributed by atoms with van der Waals surface area (Å²) in [6, 6.07) is 4.10. The van der Waals surface area contributed by atoms with Gasteiger partial charge in [-0.2, -0.15) is 0 Å². The lowest BCUT2D eigenvalue weighted by atomic mass is 10.1. The number of rotatable bonds is 8. The smallest absolute Gasteiger partial charge is 0.240 e. The fourth-order valence-electron chi connectivity index (χ4n) is 1.65. The third kappa shape index (κ3) is 5.73. The van der Waals surface area contributed by atoms with Gasteiger partial charge in [-0.3, -0.25) is 0 Å². The fourth-order valence-corrected chi connectivity index (χ4v) is 2.86. The average molecular weight is 316 g/mol. The van der Waals surface area contributed by atoms with Crippen LogP contribution in [0.5, 0.6) is 0 Å². The molecule has 0 amide bonds. The average Bonchev–Trinajstić information content (AvgIpc) is 2.43. The van der Waals surface area contributed by atoms with Gasteiger partial charge in [-0.15, -0.1) is 0 Å². The SMILES string of the molecule is CCC(C)CNS(=O)(=O)c1ccc(F)c(CNC(C)C)c1. The monoisotopic (exact) mass is 316 g/mol. The van der Waals surface area contributed by atoms with Crippen LogP contribution in [-0.2, 0) is 16.6 Å². The second kappa shape index (κ2) is 7.87. The zero-order valence-electron chi connectivity index (χ0n) is 13.1. The Hall–Kier alpha value is -0.980. The van der Waals surface area contributed by atoms with Gasteiger partial charge >= 0.3 is 0 Å². The Morgan fingerprint density at radius 1 is 1.24 bits per heavy atom. The molecule has 1 rings (SSSR count). The minimum absolute atomic E-state index is 0.104. The molecule has 0 radical (unpaired) electrons. The summed E-state index contributed by atoms with van der Waals surface area (Å²) in [5.74, 6) is -0.133. The number of hydrogen-bond donors (Lipinski definition) is 2. The van der Waals surface area contributed by atoms with E-state index in [0.717, 1.165) is 6.42 Å². The zero-order valence-corrected chi connectivity index (χ0v) is 13.9. The first-order chi connectivity index (χ1) is 9.76. The van der Waals surface area contributed by atoms with E-state index in [0.29, 0.717) is 18.7 Å². The molecule has 1 unspecified atom stereocenters. The van der Waals surface area contributed by atoms with Crippen LogP contribution in [0.15, 0.2) is 23.1 Å². The molecule has 0 spiro atoms. The van der Waals surface area contributed by atoms with Crippen LogP contribution in [0.2, 0.25) is 0 Å². The molecule has 0 aliphatic rings. The Morgan fingerprint density at radius 3 is 2.48 bits per heavy atom. The standard InChI is InChI=1S/C15H25FN2O2S/c1-5-12(4)9-18-21(19,20)14-6-7-15(16)13(8-14)10-17-11(2)3/h6-8,11-12,17-18H,5,9-10H2,1-4H3. The number of nitrogens with one attached hydrogen (secondary N) is 2. The highest BCUT2D eigenvalue weighted by molar-refractivity contribution is 7.89. The molecule has 6 heteroatoms. The molecule has 1 atom stereocenters. The van der Waals surface area contributed by atoms with Crippen molar-refractivity contribution in [2.45, 2.75) is 51.6 Å². The Morgan fingerprint density at radius 2 is 1.90 bits per heavy atom. The van der Waals surface area contributed by atoms with Crippen LogP contribution in [-0.4, -0.2) is 21.0 Å². The predicted molar refractivity (Wildman–Crippen MR) is 83.0 cm³/mol. The molecular formula is C15H25FN2O2S. The maximum Gasteiger partial charge on any atom is 0.240 e. The zero-order chi connectivity index (χ0) is 16.0. The van der Waals surface area contributed by atoms with Crippen LogP contribution < -0.4 is 10.0 Å². The highest BCUT2D eigenvalue weighted by Crippen LogP contribution is 2.15. The van der Waals surface area contributed by atoms with Gasteiger partial charge in [0.25, 0.3) is 0 Å². The van der Waals surface area contributed by atoms with Crippen molar-refractivity contribution in [3.05, 3.63) is 29.6 Å². The molecule has 0 bridgehead atoms. The molecule has 0 saturated carbocycles. The molecule has 0 aliphatic carbocycles. The highest BCUT2D eigenvalue weighted by atomic mass is 32.2. The second-order valence-electron chi connectivity index (χ2n) is 5.65. The van der Waals surface area contributed by atoms with Gasteiger partial charge in [0.2, 0.25) is 10.0 Å². The maximum atomic E-state index is 13.7. The molecule has 0 saturated heterocycles. The van der Waals surface area contributed by atoms with Crippen molar-refractivity contribution >= 4 is 10.0 Å². The normalized spacial score (nSPS) is 13.6. The van der Waals surface area contributed by atoms with E-state index in [4.69, 9.17) is 0 Å². The van der Waals surface area contributed by atoms with Crippen LogP contribution in [0, 0.1) is 11.7 Å². The van der Waals surface area contributed by atoms with E-state index in [1.807, 2.05) is 27.7 Å². The van der Waals surface area contributed by atoms with E-state index in [1.54, 1.807) is 0 Å². The van der Waals surface area contributed by atoms with Crippen molar-refractivity contribution in [2.75, 3.05) is 6.54 Å². The quantitative estimate of drug-likeness (QED) is 0.775. The van der Waals surface area contributed by atoms with Gasteiger partial charge in [-0.25, -0.2) is 17.5 Å². The fraction of sp³-hybridized carbons (Fsp3) is 0.600. The van der Waals surface area contributed by atoms with Gasteiger partial charge in [0.05, 0.1) is 4.90 Å². The molecule has 2 N–H and O–H groups in total. The highest BCUT2D eigenvalue weighted by Gasteiger charge is 2.17. The number of hydrogen-bond acceptors (Lipinski definition) is 3. The summed E-state index contributed by atoms with van der Waals surface area (Å²) in [7, 11) is -3.59. The first-order valence-electron chi connectivity index (χ1n) is 7.27. The summed E-state index contributed by atoms with van der Waals surface area (Å²) in [5, 5.41) is 3.09. The lowest BCUT2D eigenvalue weighted by molar-refractivity contribution is 0.527. The van der Waals surface area contributed by atoms with Crippen molar-refractivity contribution in [1.82, 2.24) is 10.0 Å². The third-order valence-electron chi connectivity index (χ3n) is 3.35. The van der Waals surface area contributed by atoms with Crippen LogP contribution in [0.4, 0.5) is 4.39 Å². The van der Waals surface area contributed by atoms with E-state index in [-0.39, 0.29) is 16.9 Å². The summed E-state index contributed by atoms with van der Waals surface area (Å²) >= 11 is 0. The van der Waals surface area contributed by atoms with E-state index < -0.39 is 15.8 Å². The van der Waals surface area contributed by atoms with Crippen molar-refractivity contribution in [2.24, 2.45) is 5.92 Å². The Bertz CT molecular complexity index is 559. The third-order valence-corrected chi connectivity index (χ3v) is 4.77. The summed E-state index contributed by atoms with van der Waals surface area (Å²) in [5.41, 5.74) is 0.357. The lowest BCUT2D eigenvalue weighted by Crippen LogP contribution is -2.28. The summed E-state index contributed by atoms with van der Waals surface area (Å²) < 4.78 is 40.7. The summed E-state index contributed by atoms with van der Waals surface area (Å²) in [4.78, 5) is 0.104. The first-order valence-corrected chi connectivity index (χ1v) is 8.76. The van der Waals surface area contributed by atoms with E-state index in [9.17, 15) is 12.8 Å². The molecule has 21 heavy (non-hydrogen) atoms. The minimum Gasteiger partial charge on any atom is -0.310 e. The summed E-state index contributed by atoms with van der Waals surface area (Å²) in [6.07, 6.45) is 0.898. The topological polar surface area (TPSA) is 58.2 Å². The van der Waals surface area contributed by atoms with Crippen LogP contribution in [0.3, 0.4) is 0 Å². The number of sulfonamides is 1. The van der Waals surface area contributed by atoms with Gasteiger partial charge in [-0.1, -0.05) is 34.1 Å². The Balaban J connectivity index is 2.89. The number of halogens is 1. The van der Waals surface area contributed by atoms with E-state index in [1.165, 1.54) is 18.2 Å². The van der Waals surface area contributed by atoms with Crippen molar-refractivity contribution in [3.63, 3.8) is 0 Å². The molecule has 4 nitrogen and oxygen atoms in total. The first kappa shape index (κ1) is 18.1. The second-order valence-corrected chi connectivity index (χ2v) is 7.42. The lowest BCUT2D eigenvalue weighted by Gasteiger charge is -2.13. The Kier molecular flexibility index (Phi) is 6.77. The van der Waals surface area contributed by atoms with Crippen molar-refractivity contribution in [3.8, 4) is 0 Å². The molecular weight excluding hydrogens is 291 g/mol. The molecule has 120 valence electrons. The summed E-state index contributed by atoms with van der Waals surface area (Å²) in [6.45, 7) is 8.57.